The molecular formula is C18H20FN3O4. The summed E-state index contributed by atoms with van der Waals surface area (Å²) in [7, 11) is 0. The maximum atomic E-state index is 13.6. The summed E-state index contributed by atoms with van der Waals surface area (Å²) in [5.41, 5.74) is 0.149. The summed E-state index contributed by atoms with van der Waals surface area (Å²) in [6, 6.07) is 4.68. The number of carboxylic acids is 1. The molecule has 138 valence electrons. The lowest BCUT2D eigenvalue weighted by Gasteiger charge is -2.19. The van der Waals surface area contributed by atoms with Gasteiger partial charge in [-0.15, -0.1) is 0 Å². The van der Waals surface area contributed by atoms with Crippen molar-refractivity contribution in [3.8, 4) is 11.4 Å². The molecule has 1 aliphatic heterocycles. The lowest BCUT2D eigenvalue weighted by atomic mass is 9.90. The molecule has 2 heterocycles. The molecule has 1 N–H and O–H groups in total. The van der Waals surface area contributed by atoms with E-state index in [9.17, 15) is 19.1 Å². The van der Waals surface area contributed by atoms with Crippen LogP contribution >= 0.6 is 0 Å². The van der Waals surface area contributed by atoms with Gasteiger partial charge in [-0.2, -0.15) is 4.98 Å². The Labute approximate surface area is 149 Å². The third-order valence-electron chi connectivity index (χ3n) is 4.79. The predicted molar refractivity (Wildman–Crippen MR) is 89.7 cm³/mol. The number of halogens is 1. The number of nitrogens with zero attached hydrogens (tertiary/aromatic N) is 3. The van der Waals surface area contributed by atoms with Crippen LogP contribution in [0.1, 0.15) is 31.2 Å². The van der Waals surface area contributed by atoms with E-state index >= 15 is 0 Å². The fourth-order valence-electron chi connectivity index (χ4n) is 2.93. The predicted octanol–water partition coefficient (Wildman–Crippen LogP) is 2.44. The van der Waals surface area contributed by atoms with Gasteiger partial charge in [-0.3, -0.25) is 9.59 Å². The minimum atomic E-state index is -0.889. The van der Waals surface area contributed by atoms with Crippen LogP contribution in [0.25, 0.3) is 11.4 Å². The zero-order valence-corrected chi connectivity index (χ0v) is 14.7. The molecule has 0 spiro atoms. The quantitative estimate of drug-likeness (QED) is 0.879. The first-order valence-electron chi connectivity index (χ1n) is 8.39. The molecule has 1 aliphatic rings. The van der Waals surface area contributed by atoms with E-state index in [1.165, 1.54) is 6.07 Å². The van der Waals surface area contributed by atoms with Gasteiger partial charge < -0.3 is 14.5 Å². The SMILES string of the molecule is Cc1ccc(-c2noc(CCC(=O)N3CC[C@@](C)(C(=O)O)C3)n2)cc1F. The molecule has 1 atom stereocenters. The van der Waals surface area contributed by atoms with E-state index in [2.05, 4.69) is 10.1 Å². The van der Waals surface area contributed by atoms with Gasteiger partial charge in [0.2, 0.25) is 17.6 Å². The van der Waals surface area contributed by atoms with Gasteiger partial charge in [-0.1, -0.05) is 17.3 Å². The summed E-state index contributed by atoms with van der Waals surface area (Å²) in [5, 5.41) is 13.1. The van der Waals surface area contributed by atoms with Gasteiger partial charge in [-0.25, -0.2) is 4.39 Å². The van der Waals surface area contributed by atoms with E-state index in [1.807, 2.05) is 0 Å². The van der Waals surface area contributed by atoms with Gasteiger partial charge in [-0.05, 0) is 31.9 Å². The topological polar surface area (TPSA) is 96.5 Å². The summed E-state index contributed by atoms with van der Waals surface area (Å²) in [6.07, 6.45) is 0.845. The van der Waals surface area contributed by atoms with Crippen molar-refractivity contribution in [2.75, 3.05) is 13.1 Å². The first kappa shape index (κ1) is 18.0. The average molecular weight is 361 g/mol. The van der Waals surface area contributed by atoms with Crippen molar-refractivity contribution in [2.45, 2.75) is 33.1 Å². The number of aryl methyl sites for hydroxylation is 2. The molecule has 2 aromatic rings. The zero-order valence-electron chi connectivity index (χ0n) is 14.7. The van der Waals surface area contributed by atoms with Crippen molar-refractivity contribution >= 4 is 11.9 Å². The number of carboxylic acid groups (broad SMARTS) is 1. The Morgan fingerprint density at radius 2 is 2.19 bits per heavy atom. The minimum absolute atomic E-state index is 0.142. The number of hydrogen-bond acceptors (Lipinski definition) is 5. The molecule has 0 unspecified atom stereocenters. The Hall–Kier alpha value is -2.77. The molecule has 1 amide bonds. The van der Waals surface area contributed by atoms with E-state index < -0.39 is 11.4 Å². The average Bonchev–Trinajstić information content (AvgIpc) is 3.23. The number of likely N-dealkylation sites (tertiary alicyclic amines) is 1. The number of rotatable bonds is 5. The van der Waals surface area contributed by atoms with Crippen LogP contribution in [0.15, 0.2) is 22.7 Å². The molecule has 0 aliphatic carbocycles. The molecule has 7 nitrogen and oxygen atoms in total. The standard InChI is InChI=1S/C18H20FN3O4/c1-11-3-4-12(9-13(11)19)16-20-14(26-21-16)5-6-15(23)22-8-7-18(2,10-22)17(24)25/h3-4,9H,5-8,10H2,1-2H3,(H,24,25)/t18-/m1/s1. The van der Waals surface area contributed by atoms with E-state index in [1.54, 1.807) is 30.9 Å². The third-order valence-corrected chi connectivity index (χ3v) is 4.79. The van der Waals surface area contributed by atoms with Gasteiger partial charge >= 0.3 is 5.97 Å². The van der Waals surface area contributed by atoms with Crippen molar-refractivity contribution < 1.29 is 23.6 Å². The summed E-state index contributed by atoms with van der Waals surface area (Å²) in [4.78, 5) is 29.3. The van der Waals surface area contributed by atoms with Crippen LogP contribution in [-0.2, 0) is 16.0 Å². The lowest BCUT2D eigenvalue weighted by molar-refractivity contribution is -0.147. The van der Waals surface area contributed by atoms with Crippen LogP contribution in [0.2, 0.25) is 0 Å². The van der Waals surface area contributed by atoms with E-state index in [0.717, 1.165) is 0 Å². The molecular weight excluding hydrogens is 341 g/mol. The number of benzene rings is 1. The smallest absolute Gasteiger partial charge is 0.311 e. The first-order valence-corrected chi connectivity index (χ1v) is 8.39. The molecule has 3 rings (SSSR count). The number of carbonyl (C=O) groups excluding carboxylic acids is 1. The van der Waals surface area contributed by atoms with Crippen molar-refractivity contribution in [1.82, 2.24) is 15.0 Å². The molecule has 0 radical (unpaired) electrons. The van der Waals surface area contributed by atoms with Crippen LogP contribution in [0.4, 0.5) is 4.39 Å². The second-order valence-electron chi connectivity index (χ2n) is 6.91. The van der Waals surface area contributed by atoms with E-state index in [-0.39, 0.29) is 42.8 Å². The van der Waals surface area contributed by atoms with Crippen molar-refractivity contribution in [2.24, 2.45) is 5.41 Å². The Morgan fingerprint density at radius 1 is 1.42 bits per heavy atom. The minimum Gasteiger partial charge on any atom is -0.481 e. The van der Waals surface area contributed by atoms with Gasteiger partial charge in [0.1, 0.15) is 5.82 Å². The molecule has 26 heavy (non-hydrogen) atoms. The second kappa shape index (κ2) is 6.86. The number of carbonyl (C=O) groups is 2. The normalized spacial score (nSPS) is 19.7. The summed E-state index contributed by atoms with van der Waals surface area (Å²) < 4.78 is 18.8. The van der Waals surface area contributed by atoms with Gasteiger partial charge in [0.05, 0.1) is 5.41 Å². The van der Waals surface area contributed by atoms with E-state index in [4.69, 9.17) is 4.52 Å². The van der Waals surface area contributed by atoms with Crippen molar-refractivity contribution in [3.63, 3.8) is 0 Å². The maximum absolute atomic E-state index is 13.6. The highest BCUT2D eigenvalue weighted by atomic mass is 19.1. The number of aliphatic carboxylic acids is 1. The molecule has 1 fully saturated rings. The Morgan fingerprint density at radius 3 is 2.85 bits per heavy atom. The zero-order chi connectivity index (χ0) is 18.9. The van der Waals surface area contributed by atoms with Crippen LogP contribution in [-0.4, -0.2) is 45.1 Å². The lowest BCUT2D eigenvalue weighted by Crippen LogP contribution is -2.34. The molecule has 0 bridgehead atoms. The van der Waals surface area contributed by atoms with E-state index in [0.29, 0.717) is 24.1 Å². The fourth-order valence-corrected chi connectivity index (χ4v) is 2.93. The third kappa shape index (κ3) is 3.58. The van der Waals surface area contributed by atoms with Gasteiger partial charge in [0.15, 0.2) is 0 Å². The summed E-state index contributed by atoms with van der Waals surface area (Å²) in [5.74, 6) is -0.823. The number of hydrogen-bond donors (Lipinski definition) is 1. The molecule has 8 heteroatoms. The first-order chi connectivity index (χ1) is 12.3. The Balaban J connectivity index is 1.59. The molecule has 0 saturated carbocycles. The van der Waals surface area contributed by atoms with Crippen LogP contribution in [0.5, 0.6) is 0 Å². The monoisotopic (exact) mass is 361 g/mol. The number of amides is 1. The van der Waals surface area contributed by atoms with Gasteiger partial charge in [0, 0.05) is 31.5 Å². The van der Waals surface area contributed by atoms with Crippen LogP contribution in [0.3, 0.4) is 0 Å². The van der Waals surface area contributed by atoms with Crippen LogP contribution < -0.4 is 0 Å². The van der Waals surface area contributed by atoms with Crippen molar-refractivity contribution in [1.29, 1.82) is 0 Å². The molecule has 1 aromatic carbocycles. The largest absolute Gasteiger partial charge is 0.481 e. The highest BCUT2D eigenvalue weighted by Gasteiger charge is 2.41. The van der Waals surface area contributed by atoms with Crippen LogP contribution in [0, 0.1) is 18.2 Å². The maximum Gasteiger partial charge on any atom is 0.311 e. The summed E-state index contributed by atoms with van der Waals surface area (Å²) >= 11 is 0. The number of aromatic nitrogens is 2. The fraction of sp³-hybridized carbons (Fsp3) is 0.444. The van der Waals surface area contributed by atoms with Crippen molar-refractivity contribution in [3.05, 3.63) is 35.5 Å². The second-order valence-corrected chi connectivity index (χ2v) is 6.91. The summed E-state index contributed by atoms with van der Waals surface area (Å²) in [6.45, 7) is 3.95. The Bertz CT molecular complexity index is 851. The molecule has 1 aromatic heterocycles. The van der Waals surface area contributed by atoms with Gasteiger partial charge in [0.25, 0.3) is 0 Å². The highest BCUT2D eigenvalue weighted by molar-refractivity contribution is 5.80. The Kier molecular flexibility index (Phi) is 4.76. The molecule has 1 saturated heterocycles. The highest BCUT2D eigenvalue weighted by Crippen LogP contribution is 2.30.